The Morgan fingerprint density at radius 3 is 2.06 bits per heavy atom. The summed E-state index contributed by atoms with van der Waals surface area (Å²) >= 11 is 4.54. The largest absolute Gasteiger partial charge is 0.303 e. The zero-order valence-electron chi connectivity index (χ0n) is 12.2. The SMILES string of the molecule is CN(CC(CS)C(C)(C)C)C1CCCCCC1. The highest BCUT2D eigenvalue weighted by Gasteiger charge is 2.27. The van der Waals surface area contributed by atoms with Crippen LogP contribution in [0.1, 0.15) is 59.3 Å². The molecular formula is C15H31NS. The second kappa shape index (κ2) is 7.04. The summed E-state index contributed by atoms with van der Waals surface area (Å²) in [5.74, 6) is 1.69. The molecule has 0 aromatic rings. The summed E-state index contributed by atoms with van der Waals surface area (Å²) in [6, 6.07) is 0.822. The molecule has 1 nitrogen and oxygen atoms in total. The van der Waals surface area contributed by atoms with Gasteiger partial charge in [0.2, 0.25) is 0 Å². The van der Waals surface area contributed by atoms with Crippen molar-refractivity contribution in [2.24, 2.45) is 11.3 Å². The maximum Gasteiger partial charge on any atom is 0.00923 e. The van der Waals surface area contributed by atoms with Crippen molar-refractivity contribution in [1.82, 2.24) is 4.90 Å². The van der Waals surface area contributed by atoms with Gasteiger partial charge in [0.1, 0.15) is 0 Å². The maximum atomic E-state index is 4.54. The third-order valence-corrected chi connectivity index (χ3v) is 4.84. The average Bonchev–Trinajstić information content (AvgIpc) is 2.52. The zero-order valence-corrected chi connectivity index (χ0v) is 13.1. The van der Waals surface area contributed by atoms with Crippen LogP contribution in [0, 0.1) is 11.3 Å². The highest BCUT2D eigenvalue weighted by Crippen LogP contribution is 2.29. The first-order valence-electron chi connectivity index (χ1n) is 7.26. The van der Waals surface area contributed by atoms with Crippen LogP contribution in [0.5, 0.6) is 0 Å². The Labute approximate surface area is 114 Å². The summed E-state index contributed by atoms with van der Waals surface area (Å²) in [7, 11) is 2.32. The molecule has 1 rings (SSSR count). The summed E-state index contributed by atoms with van der Waals surface area (Å²) < 4.78 is 0. The van der Waals surface area contributed by atoms with Crippen molar-refractivity contribution in [3.63, 3.8) is 0 Å². The van der Waals surface area contributed by atoms with Gasteiger partial charge in [-0.2, -0.15) is 12.6 Å². The molecule has 2 heteroatoms. The second-order valence-electron chi connectivity index (χ2n) is 6.83. The summed E-state index contributed by atoms with van der Waals surface area (Å²) in [6.45, 7) is 8.23. The van der Waals surface area contributed by atoms with Crippen molar-refractivity contribution >= 4 is 12.6 Å². The summed E-state index contributed by atoms with van der Waals surface area (Å²) in [5, 5.41) is 0. The van der Waals surface area contributed by atoms with Crippen LogP contribution in [-0.4, -0.2) is 30.3 Å². The molecule has 1 saturated carbocycles. The van der Waals surface area contributed by atoms with Crippen LogP contribution in [0.25, 0.3) is 0 Å². The lowest BCUT2D eigenvalue weighted by Crippen LogP contribution is -2.40. The smallest absolute Gasteiger partial charge is 0.00923 e. The van der Waals surface area contributed by atoms with Crippen LogP contribution in [0.2, 0.25) is 0 Å². The molecule has 0 spiro atoms. The van der Waals surface area contributed by atoms with Gasteiger partial charge in [-0.25, -0.2) is 0 Å². The molecule has 0 aromatic carbocycles. The Morgan fingerprint density at radius 1 is 1.12 bits per heavy atom. The van der Waals surface area contributed by atoms with Gasteiger partial charge >= 0.3 is 0 Å². The van der Waals surface area contributed by atoms with E-state index < -0.39 is 0 Å². The van der Waals surface area contributed by atoms with Gasteiger partial charge in [0.05, 0.1) is 0 Å². The van der Waals surface area contributed by atoms with Crippen LogP contribution in [0.3, 0.4) is 0 Å². The molecule has 0 bridgehead atoms. The Hall–Kier alpha value is 0.310. The molecule has 1 aliphatic rings. The standard InChI is InChI=1S/C15H31NS/c1-15(2,3)13(12-17)11-16(4)14-9-7-5-6-8-10-14/h13-14,17H,5-12H2,1-4H3. The van der Waals surface area contributed by atoms with Gasteiger partial charge in [0, 0.05) is 12.6 Å². The van der Waals surface area contributed by atoms with Gasteiger partial charge in [-0.15, -0.1) is 0 Å². The van der Waals surface area contributed by atoms with Gasteiger partial charge in [-0.05, 0) is 37.0 Å². The zero-order chi connectivity index (χ0) is 12.9. The monoisotopic (exact) mass is 257 g/mol. The van der Waals surface area contributed by atoms with Crippen LogP contribution >= 0.6 is 12.6 Å². The molecule has 0 radical (unpaired) electrons. The molecule has 102 valence electrons. The molecule has 17 heavy (non-hydrogen) atoms. The quantitative estimate of drug-likeness (QED) is 0.582. The second-order valence-corrected chi connectivity index (χ2v) is 7.20. The van der Waals surface area contributed by atoms with Crippen molar-refractivity contribution in [2.45, 2.75) is 65.3 Å². The fraction of sp³-hybridized carbons (Fsp3) is 1.00. The van der Waals surface area contributed by atoms with E-state index in [9.17, 15) is 0 Å². The first-order valence-corrected chi connectivity index (χ1v) is 7.89. The van der Waals surface area contributed by atoms with E-state index in [1.807, 2.05) is 0 Å². The Balaban J connectivity index is 2.48. The highest BCUT2D eigenvalue weighted by atomic mass is 32.1. The van der Waals surface area contributed by atoms with E-state index in [4.69, 9.17) is 0 Å². The number of hydrogen-bond donors (Lipinski definition) is 1. The number of hydrogen-bond acceptors (Lipinski definition) is 2. The van der Waals surface area contributed by atoms with Crippen molar-refractivity contribution in [2.75, 3.05) is 19.3 Å². The third kappa shape index (κ3) is 5.21. The predicted molar refractivity (Wildman–Crippen MR) is 80.9 cm³/mol. The van der Waals surface area contributed by atoms with Gasteiger partial charge in [-0.1, -0.05) is 46.5 Å². The fourth-order valence-electron chi connectivity index (χ4n) is 2.80. The van der Waals surface area contributed by atoms with Crippen molar-refractivity contribution < 1.29 is 0 Å². The van der Waals surface area contributed by atoms with Crippen LogP contribution in [-0.2, 0) is 0 Å². The normalized spacial score (nSPS) is 21.5. The summed E-state index contributed by atoms with van der Waals surface area (Å²) in [5.41, 5.74) is 0.376. The summed E-state index contributed by atoms with van der Waals surface area (Å²) in [4.78, 5) is 2.61. The molecule has 0 amide bonds. The predicted octanol–water partition coefficient (Wildman–Crippen LogP) is 4.23. The van der Waals surface area contributed by atoms with E-state index in [1.165, 1.54) is 45.1 Å². The molecule has 1 aliphatic carbocycles. The molecule has 0 aromatic heterocycles. The Bertz CT molecular complexity index is 201. The minimum atomic E-state index is 0.376. The Morgan fingerprint density at radius 2 is 1.65 bits per heavy atom. The average molecular weight is 257 g/mol. The molecule has 1 atom stereocenters. The number of thiol groups is 1. The fourth-order valence-corrected chi connectivity index (χ4v) is 3.46. The highest BCUT2D eigenvalue weighted by molar-refractivity contribution is 7.80. The third-order valence-electron chi connectivity index (χ3n) is 4.40. The molecule has 1 fully saturated rings. The lowest BCUT2D eigenvalue weighted by Gasteiger charge is -2.36. The minimum Gasteiger partial charge on any atom is -0.303 e. The first-order chi connectivity index (χ1) is 7.95. The Kier molecular flexibility index (Phi) is 6.36. The van der Waals surface area contributed by atoms with E-state index >= 15 is 0 Å². The number of rotatable bonds is 4. The van der Waals surface area contributed by atoms with Crippen LogP contribution < -0.4 is 0 Å². The van der Waals surface area contributed by atoms with Gasteiger partial charge in [-0.3, -0.25) is 0 Å². The molecule has 0 saturated heterocycles. The van der Waals surface area contributed by atoms with E-state index in [0.29, 0.717) is 11.3 Å². The van der Waals surface area contributed by atoms with Crippen molar-refractivity contribution in [3.8, 4) is 0 Å². The lowest BCUT2D eigenvalue weighted by molar-refractivity contribution is 0.142. The number of nitrogens with zero attached hydrogens (tertiary/aromatic N) is 1. The van der Waals surface area contributed by atoms with Crippen molar-refractivity contribution in [1.29, 1.82) is 0 Å². The van der Waals surface area contributed by atoms with E-state index in [0.717, 1.165) is 11.8 Å². The van der Waals surface area contributed by atoms with Crippen molar-refractivity contribution in [3.05, 3.63) is 0 Å². The summed E-state index contributed by atoms with van der Waals surface area (Å²) in [6.07, 6.45) is 8.55. The molecular weight excluding hydrogens is 226 g/mol. The molecule has 0 heterocycles. The molecule has 0 N–H and O–H groups in total. The van der Waals surface area contributed by atoms with Gasteiger partial charge in [0.15, 0.2) is 0 Å². The minimum absolute atomic E-state index is 0.376. The first kappa shape index (κ1) is 15.4. The van der Waals surface area contributed by atoms with E-state index in [-0.39, 0.29) is 0 Å². The van der Waals surface area contributed by atoms with Gasteiger partial charge in [0.25, 0.3) is 0 Å². The van der Waals surface area contributed by atoms with Crippen LogP contribution in [0.15, 0.2) is 0 Å². The van der Waals surface area contributed by atoms with Gasteiger partial charge < -0.3 is 4.90 Å². The van der Waals surface area contributed by atoms with Crippen LogP contribution in [0.4, 0.5) is 0 Å². The lowest BCUT2D eigenvalue weighted by atomic mass is 9.81. The topological polar surface area (TPSA) is 3.24 Å². The molecule has 0 aliphatic heterocycles. The maximum absolute atomic E-state index is 4.54. The van der Waals surface area contributed by atoms with E-state index in [1.54, 1.807) is 0 Å². The van der Waals surface area contributed by atoms with E-state index in [2.05, 4.69) is 45.3 Å². The molecule has 1 unspecified atom stereocenters.